The number of hydrogen-bond donors (Lipinski definition) is 15. The summed E-state index contributed by atoms with van der Waals surface area (Å²) in [7, 11) is 0. The summed E-state index contributed by atoms with van der Waals surface area (Å²) in [6.07, 6.45) is 0. The molecule has 0 aromatic heterocycles. The quantitative estimate of drug-likeness (QED) is 0.162. The molecule has 22 heteroatoms. The topological polar surface area (TPSA) is 296 Å². The van der Waals surface area contributed by atoms with Gasteiger partial charge in [0.15, 0.2) is 0 Å². The van der Waals surface area contributed by atoms with E-state index in [-0.39, 0.29) is 46.4 Å². The van der Waals surface area contributed by atoms with Crippen molar-refractivity contribution in [1.29, 1.82) is 0 Å². The summed E-state index contributed by atoms with van der Waals surface area (Å²) in [5, 5.41) is 53.5. The highest BCUT2D eigenvalue weighted by atomic mass is 32.1. The summed E-state index contributed by atoms with van der Waals surface area (Å²) in [5.41, 5.74) is 0. The summed E-state index contributed by atoms with van der Waals surface area (Å²) in [6, 6.07) is 0. The summed E-state index contributed by atoms with van der Waals surface area (Å²) in [5.74, 6) is -6.75. The van der Waals surface area contributed by atoms with Crippen molar-refractivity contribution in [2.75, 3.05) is 40.3 Å². The smallest absolute Gasteiger partial charge is 0.313 e. The van der Waals surface area contributed by atoms with Crippen molar-refractivity contribution in [2.24, 2.45) is 0 Å². The van der Waals surface area contributed by atoms with Gasteiger partial charge in [-0.05, 0) is 0 Å². The zero-order valence-corrected chi connectivity index (χ0v) is 24.5. The molecule has 0 bridgehead atoms. The van der Waals surface area contributed by atoms with Gasteiger partial charge in [0.05, 0.1) is 40.3 Å². The van der Waals surface area contributed by atoms with Crippen LogP contribution in [0.25, 0.3) is 0 Å². The molecule has 0 aromatic rings. The van der Waals surface area contributed by atoms with Crippen molar-refractivity contribution in [3.8, 4) is 0 Å². The number of carboxylic acid groups (broad SMARTS) is 7. The fourth-order valence-corrected chi connectivity index (χ4v) is 0. The first-order valence-electron chi connectivity index (χ1n) is 7.68. The van der Waals surface area contributed by atoms with Crippen LogP contribution in [0, 0.1) is 0 Å². The minimum absolute atomic E-state index is 0. The van der Waals surface area contributed by atoms with Crippen LogP contribution < -0.4 is 6.15 Å². The molecule has 0 aliphatic carbocycles. The van der Waals surface area contributed by atoms with E-state index >= 15 is 0 Å². The lowest BCUT2D eigenvalue weighted by Gasteiger charge is -1.71. The highest BCUT2D eigenvalue weighted by Crippen LogP contribution is 1.69. The van der Waals surface area contributed by atoms with Gasteiger partial charge in [-0.15, -0.1) is 0 Å². The van der Waals surface area contributed by atoms with Gasteiger partial charge in [0.25, 0.3) is 0 Å². The maximum Gasteiger partial charge on any atom is 0.313 e. The van der Waals surface area contributed by atoms with E-state index in [9.17, 15) is 33.6 Å². The third-order valence-corrected chi connectivity index (χ3v) is 2.84. The number of aliphatic carboxylic acids is 7. The van der Waals surface area contributed by atoms with Crippen molar-refractivity contribution in [3.63, 3.8) is 0 Å². The van der Waals surface area contributed by atoms with Crippen LogP contribution in [0.5, 0.6) is 0 Å². The first-order chi connectivity index (χ1) is 15.9. The highest BCUT2D eigenvalue weighted by Gasteiger charge is 1.84. The Labute approximate surface area is 244 Å². The van der Waals surface area contributed by atoms with Gasteiger partial charge in [0, 0.05) is 0 Å². The maximum atomic E-state index is 9.29. The van der Waals surface area contributed by atoms with Crippen molar-refractivity contribution in [3.05, 3.63) is 0 Å². The molecular formula is C14H31NO14S7. The molecular weight excluding hydrogens is 631 g/mol. The van der Waals surface area contributed by atoms with E-state index in [2.05, 4.69) is 88.4 Å². The molecule has 0 heterocycles. The van der Waals surface area contributed by atoms with Crippen molar-refractivity contribution >= 4 is 130 Å². The number of thiol groups is 7. The summed E-state index contributed by atoms with van der Waals surface area (Å²) in [4.78, 5) is 65.0. The minimum atomic E-state index is -0.881. The van der Waals surface area contributed by atoms with Gasteiger partial charge in [-0.2, -0.15) is 88.4 Å². The molecule has 0 saturated carbocycles. The predicted molar refractivity (Wildman–Crippen MR) is 155 cm³/mol. The molecule has 0 unspecified atom stereocenters. The standard InChI is InChI=1S/7C2H4O2S.H3N/c7*3-2(4)1-5;/h7*5H,1H2,(H,3,4);1H3. The van der Waals surface area contributed by atoms with Crippen LogP contribution in [0.1, 0.15) is 0 Å². The summed E-state index contributed by atoms with van der Waals surface area (Å²) in [6.45, 7) is 0. The molecule has 0 fully saturated rings. The molecule has 0 aliphatic heterocycles. The first-order valence-corrected chi connectivity index (χ1v) is 12.1. The first kappa shape index (κ1) is 55.3. The Morgan fingerprint density at radius 2 is 0.333 bits per heavy atom. The molecule has 0 aliphatic rings. The molecule has 10 N–H and O–H groups in total. The van der Waals surface area contributed by atoms with Gasteiger partial charge in [-0.25, -0.2) is 0 Å². The molecule has 0 atom stereocenters. The molecule has 15 nitrogen and oxygen atoms in total. The van der Waals surface area contributed by atoms with Crippen LogP contribution in [0.3, 0.4) is 0 Å². The van der Waals surface area contributed by atoms with Crippen LogP contribution in [-0.4, -0.2) is 118 Å². The van der Waals surface area contributed by atoms with Crippen LogP contribution >= 0.6 is 88.4 Å². The van der Waals surface area contributed by atoms with Gasteiger partial charge < -0.3 is 41.9 Å². The predicted octanol–water partition coefficient (Wildman–Crippen LogP) is 0.168. The van der Waals surface area contributed by atoms with E-state index in [0.717, 1.165) is 0 Å². The molecule has 0 amide bonds. The third-order valence-electron chi connectivity index (χ3n) is 0.947. The van der Waals surface area contributed by atoms with Crippen LogP contribution in [0.4, 0.5) is 0 Å². The third kappa shape index (κ3) is 204. The Morgan fingerprint density at radius 3 is 0.333 bits per heavy atom. The van der Waals surface area contributed by atoms with Gasteiger partial charge >= 0.3 is 41.8 Å². The molecule has 218 valence electrons. The lowest BCUT2D eigenvalue weighted by molar-refractivity contribution is -0.134. The molecule has 36 heavy (non-hydrogen) atoms. The Bertz CT molecular complexity index is 445. The van der Waals surface area contributed by atoms with Crippen LogP contribution in [-0.2, 0) is 33.6 Å². The van der Waals surface area contributed by atoms with E-state index in [1.807, 2.05) is 0 Å². The van der Waals surface area contributed by atoms with Crippen molar-refractivity contribution in [2.45, 2.75) is 0 Å². The van der Waals surface area contributed by atoms with Crippen molar-refractivity contribution in [1.82, 2.24) is 6.15 Å². The lowest BCUT2D eigenvalue weighted by atomic mass is 10.8. The Balaban J connectivity index is -0.0000000422. The normalized spacial score (nSPS) is 7.19. The molecule has 0 aromatic carbocycles. The number of hydrogen-bond acceptors (Lipinski definition) is 15. The van der Waals surface area contributed by atoms with Gasteiger partial charge in [-0.3, -0.25) is 33.6 Å². The molecule has 0 spiro atoms. The zero-order valence-electron chi connectivity index (χ0n) is 18.3. The Kier molecular flexibility index (Phi) is 77.6. The van der Waals surface area contributed by atoms with Crippen LogP contribution in [0.15, 0.2) is 0 Å². The average molecular weight is 662 g/mol. The highest BCUT2D eigenvalue weighted by molar-refractivity contribution is 7.82. The number of rotatable bonds is 7. The summed E-state index contributed by atoms with van der Waals surface area (Å²) >= 11 is 23.9. The second-order valence-corrected chi connectivity index (χ2v) is 6.08. The van der Waals surface area contributed by atoms with E-state index in [0.29, 0.717) is 0 Å². The maximum absolute atomic E-state index is 9.29. The zero-order chi connectivity index (χ0) is 30.0. The minimum Gasteiger partial charge on any atom is -0.481 e. The molecule has 0 rings (SSSR count). The number of carboxylic acids is 7. The van der Waals surface area contributed by atoms with Gasteiger partial charge in [0.2, 0.25) is 0 Å². The van der Waals surface area contributed by atoms with Crippen molar-refractivity contribution < 1.29 is 69.3 Å². The fraction of sp³-hybridized carbons (Fsp3) is 0.500. The second kappa shape index (κ2) is 50.5. The average Bonchev–Trinajstić information content (AvgIpc) is 2.80. The van der Waals surface area contributed by atoms with E-state index < -0.39 is 41.8 Å². The second-order valence-electron chi connectivity index (χ2n) is 3.86. The SMILES string of the molecule is N.O=C(O)CS.O=C(O)CS.O=C(O)CS.O=C(O)CS.O=C(O)CS.O=C(O)CS.O=C(O)CS. The number of carbonyl (C=O) groups is 7. The Hall–Kier alpha value is -1.30. The largest absolute Gasteiger partial charge is 0.481 e. The van der Waals surface area contributed by atoms with Gasteiger partial charge in [0.1, 0.15) is 0 Å². The Morgan fingerprint density at radius 1 is 0.306 bits per heavy atom. The molecule has 0 saturated heterocycles. The molecule has 0 radical (unpaired) electrons. The fourth-order valence-electron chi connectivity index (χ4n) is 0. The lowest BCUT2D eigenvalue weighted by Crippen LogP contribution is -1.92. The van der Waals surface area contributed by atoms with E-state index in [1.54, 1.807) is 0 Å². The summed E-state index contributed by atoms with van der Waals surface area (Å²) < 4.78 is 0. The van der Waals surface area contributed by atoms with Gasteiger partial charge in [-0.1, -0.05) is 0 Å². The van der Waals surface area contributed by atoms with Crippen LogP contribution in [0.2, 0.25) is 0 Å². The van der Waals surface area contributed by atoms with E-state index in [4.69, 9.17) is 35.7 Å². The van der Waals surface area contributed by atoms with E-state index in [1.165, 1.54) is 0 Å². The monoisotopic (exact) mass is 661 g/mol.